The zero-order valence-electron chi connectivity index (χ0n) is 18.1. The normalized spacial score (nSPS) is 12.9. The number of para-hydroxylation sites is 1. The standard InChI is InChI=1S/C26H23FN2O4/c1-15(17-6-5-7-18(27)14-17)28-22(16-10-12-19(33-2)13-11-16)20-8-3-4-9-21(20)29-23-24(30)26(32)25(23)31/h3-15,22,28-30H,1-2H3. The highest BCUT2D eigenvalue weighted by Gasteiger charge is 2.24. The molecule has 33 heavy (non-hydrogen) atoms. The van der Waals surface area contributed by atoms with Gasteiger partial charge in [0.15, 0.2) is 5.75 Å². The molecule has 0 aliphatic carbocycles. The molecule has 7 heteroatoms. The van der Waals surface area contributed by atoms with Gasteiger partial charge in [0.1, 0.15) is 17.3 Å². The lowest BCUT2D eigenvalue weighted by Gasteiger charge is -2.27. The fraction of sp³-hybridized carbons (Fsp3) is 0.154. The van der Waals surface area contributed by atoms with E-state index in [1.54, 1.807) is 25.3 Å². The molecular weight excluding hydrogens is 423 g/mol. The van der Waals surface area contributed by atoms with E-state index in [9.17, 15) is 19.1 Å². The Hall–Kier alpha value is -3.97. The minimum Gasteiger partial charge on any atom is -0.502 e. The number of nitrogens with one attached hydrogen (secondary N) is 2. The second kappa shape index (κ2) is 9.26. The molecule has 0 saturated carbocycles. The zero-order valence-corrected chi connectivity index (χ0v) is 18.1. The van der Waals surface area contributed by atoms with Crippen molar-refractivity contribution in [3.63, 3.8) is 0 Å². The van der Waals surface area contributed by atoms with Crippen molar-refractivity contribution < 1.29 is 14.2 Å². The Balaban J connectivity index is 1.75. The molecule has 0 saturated heterocycles. The van der Waals surface area contributed by atoms with E-state index in [4.69, 9.17) is 4.74 Å². The average Bonchev–Trinajstić information content (AvgIpc) is 2.85. The van der Waals surface area contributed by atoms with Crippen LogP contribution in [-0.2, 0) is 0 Å². The average molecular weight is 446 g/mol. The molecular formula is C26H23FN2O4. The number of halogens is 1. The van der Waals surface area contributed by atoms with Crippen LogP contribution in [0.15, 0.2) is 82.4 Å². The highest BCUT2D eigenvalue weighted by molar-refractivity contribution is 5.72. The largest absolute Gasteiger partial charge is 0.502 e. The Kier molecular flexibility index (Phi) is 6.24. The van der Waals surface area contributed by atoms with Gasteiger partial charge in [-0.1, -0.05) is 42.5 Å². The smallest absolute Gasteiger partial charge is 0.271 e. The van der Waals surface area contributed by atoms with Crippen molar-refractivity contribution in [2.75, 3.05) is 12.4 Å². The Morgan fingerprint density at radius 1 is 0.909 bits per heavy atom. The predicted octanol–water partition coefficient (Wildman–Crippen LogP) is 4.32. The fourth-order valence-corrected chi connectivity index (χ4v) is 3.78. The maximum Gasteiger partial charge on any atom is 0.271 e. The van der Waals surface area contributed by atoms with E-state index < -0.39 is 16.6 Å². The monoisotopic (exact) mass is 446 g/mol. The molecule has 0 aliphatic heterocycles. The molecule has 0 radical (unpaired) electrons. The first-order valence-corrected chi connectivity index (χ1v) is 10.4. The quantitative estimate of drug-likeness (QED) is 0.350. The number of methoxy groups -OCH3 is 1. The van der Waals surface area contributed by atoms with Crippen molar-refractivity contribution in [3.8, 4) is 11.5 Å². The van der Waals surface area contributed by atoms with E-state index >= 15 is 0 Å². The van der Waals surface area contributed by atoms with Gasteiger partial charge in [0.25, 0.3) is 10.9 Å². The number of aromatic hydroxyl groups is 1. The van der Waals surface area contributed by atoms with Crippen LogP contribution in [0.4, 0.5) is 15.8 Å². The van der Waals surface area contributed by atoms with Crippen molar-refractivity contribution in [2.24, 2.45) is 0 Å². The van der Waals surface area contributed by atoms with Crippen molar-refractivity contribution in [3.05, 3.63) is 116 Å². The molecule has 0 fully saturated rings. The van der Waals surface area contributed by atoms with Gasteiger partial charge in [-0.2, -0.15) is 0 Å². The van der Waals surface area contributed by atoms with Crippen LogP contribution in [0.3, 0.4) is 0 Å². The summed E-state index contributed by atoms with van der Waals surface area (Å²) in [6.07, 6.45) is 0. The Labute approximate surface area is 190 Å². The van der Waals surface area contributed by atoms with E-state index in [0.717, 1.165) is 16.7 Å². The summed E-state index contributed by atoms with van der Waals surface area (Å²) in [5.41, 5.74) is 1.22. The van der Waals surface area contributed by atoms with E-state index in [0.29, 0.717) is 11.4 Å². The lowest BCUT2D eigenvalue weighted by Crippen LogP contribution is -2.33. The third-order valence-electron chi connectivity index (χ3n) is 5.63. The maximum absolute atomic E-state index is 13.8. The highest BCUT2D eigenvalue weighted by Crippen LogP contribution is 2.34. The third kappa shape index (κ3) is 4.49. The van der Waals surface area contributed by atoms with Gasteiger partial charge in [0.2, 0.25) is 0 Å². The third-order valence-corrected chi connectivity index (χ3v) is 5.63. The fourth-order valence-electron chi connectivity index (χ4n) is 3.78. The second-order valence-corrected chi connectivity index (χ2v) is 7.74. The highest BCUT2D eigenvalue weighted by atomic mass is 19.1. The van der Waals surface area contributed by atoms with Crippen molar-refractivity contribution >= 4 is 11.4 Å². The molecule has 0 bridgehead atoms. The second-order valence-electron chi connectivity index (χ2n) is 7.74. The summed E-state index contributed by atoms with van der Waals surface area (Å²) in [6, 6.07) is 20.6. The van der Waals surface area contributed by atoms with E-state index in [1.807, 2.05) is 49.4 Å². The van der Waals surface area contributed by atoms with Crippen LogP contribution in [0.1, 0.15) is 35.7 Å². The van der Waals surface area contributed by atoms with Gasteiger partial charge < -0.3 is 15.2 Å². The summed E-state index contributed by atoms with van der Waals surface area (Å²) >= 11 is 0. The van der Waals surface area contributed by atoms with Gasteiger partial charge in [0, 0.05) is 11.7 Å². The van der Waals surface area contributed by atoms with E-state index in [1.165, 1.54) is 12.1 Å². The van der Waals surface area contributed by atoms with Gasteiger partial charge >= 0.3 is 0 Å². The molecule has 0 heterocycles. The summed E-state index contributed by atoms with van der Waals surface area (Å²) in [6.45, 7) is 1.93. The lowest BCUT2D eigenvalue weighted by molar-refractivity contribution is 0.414. The van der Waals surface area contributed by atoms with Crippen LogP contribution in [0, 0.1) is 5.82 Å². The minimum absolute atomic E-state index is 0.126. The van der Waals surface area contributed by atoms with Gasteiger partial charge in [0.05, 0.1) is 13.2 Å². The van der Waals surface area contributed by atoms with Gasteiger partial charge in [-0.25, -0.2) is 4.39 Å². The van der Waals surface area contributed by atoms with Crippen LogP contribution < -0.4 is 26.2 Å². The number of benzene rings is 3. The molecule has 0 aromatic heterocycles. The van der Waals surface area contributed by atoms with Crippen molar-refractivity contribution in [1.82, 2.24) is 5.32 Å². The summed E-state index contributed by atoms with van der Waals surface area (Å²) in [7, 11) is 1.59. The molecule has 3 N–H and O–H groups in total. The topological polar surface area (TPSA) is 87.7 Å². The molecule has 2 unspecified atom stereocenters. The minimum atomic E-state index is -0.903. The van der Waals surface area contributed by atoms with Crippen LogP contribution in [0.25, 0.3) is 0 Å². The molecule has 4 aromatic carbocycles. The van der Waals surface area contributed by atoms with Gasteiger partial charge in [-0.15, -0.1) is 0 Å². The molecule has 2 atom stereocenters. The lowest BCUT2D eigenvalue weighted by atomic mass is 9.95. The molecule has 0 spiro atoms. The van der Waals surface area contributed by atoms with Gasteiger partial charge in [-0.05, 0) is 53.9 Å². The first kappa shape index (κ1) is 22.2. The number of rotatable bonds is 8. The number of anilines is 2. The molecule has 168 valence electrons. The summed E-state index contributed by atoms with van der Waals surface area (Å²) in [5.74, 6) is -0.188. The number of ether oxygens (including phenoxy) is 1. The summed E-state index contributed by atoms with van der Waals surface area (Å²) in [4.78, 5) is 23.3. The van der Waals surface area contributed by atoms with Gasteiger partial charge in [-0.3, -0.25) is 14.9 Å². The van der Waals surface area contributed by atoms with Crippen LogP contribution >= 0.6 is 0 Å². The zero-order chi connectivity index (χ0) is 23.5. The molecule has 0 aliphatic rings. The number of hydrogen-bond donors (Lipinski definition) is 3. The predicted molar refractivity (Wildman–Crippen MR) is 126 cm³/mol. The molecule has 4 rings (SSSR count). The van der Waals surface area contributed by atoms with Crippen molar-refractivity contribution in [2.45, 2.75) is 19.0 Å². The Morgan fingerprint density at radius 3 is 2.30 bits per heavy atom. The van der Waals surface area contributed by atoms with Crippen molar-refractivity contribution in [1.29, 1.82) is 0 Å². The Morgan fingerprint density at radius 2 is 1.64 bits per heavy atom. The first-order chi connectivity index (χ1) is 15.9. The maximum atomic E-state index is 13.8. The van der Waals surface area contributed by atoms with E-state index in [2.05, 4.69) is 10.6 Å². The number of hydrogen-bond acceptors (Lipinski definition) is 6. The van der Waals surface area contributed by atoms with Crippen LogP contribution in [-0.4, -0.2) is 12.2 Å². The summed E-state index contributed by atoms with van der Waals surface area (Å²) < 4.78 is 19.1. The molecule has 6 nitrogen and oxygen atoms in total. The SMILES string of the molecule is COc1ccc(C(NC(C)c2cccc(F)c2)c2ccccc2Nc2c(O)c(=O)c2=O)cc1. The van der Waals surface area contributed by atoms with Crippen LogP contribution in [0.5, 0.6) is 11.5 Å². The molecule has 0 amide bonds. The van der Waals surface area contributed by atoms with Crippen LogP contribution in [0.2, 0.25) is 0 Å². The van der Waals surface area contributed by atoms with E-state index in [-0.39, 0.29) is 23.6 Å². The Bertz CT molecular complexity index is 1340. The first-order valence-electron chi connectivity index (χ1n) is 10.4. The molecule has 4 aromatic rings. The summed E-state index contributed by atoms with van der Waals surface area (Å²) in [5, 5.41) is 16.3.